The fourth-order valence-electron chi connectivity index (χ4n) is 4.08. The Kier molecular flexibility index (Phi) is 7.74. The monoisotopic (exact) mass is 495 g/mol. The fourth-order valence-corrected chi connectivity index (χ4v) is 4.82. The van der Waals surface area contributed by atoms with E-state index in [1.165, 1.54) is 18.4 Å². The van der Waals surface area contributed by atoms with E-state index in [0.717, 1.165) is 22.3 Å². The Morgan fingerprint density at radius 2 is 1.74 bits per heavy atom. The molecule has 182 valence electrons. The number of fused-ring (bicyclic) bond motifs is 3. The van der Waals surface area contributed by atoms with Gasteiger partial charge in [-0.05, 0) is 22.3 Å². The van der Waals surface area contributed by atoms with Crippen molar-refractivity contribution in [3.8, 4) is 11.1 Å². The number of hydrogen-bond acceptors (Lipinski definition) is 7. The number of nitrogens with one attached hydrogen (secondary N) is 2. The first-order valence-electron chi connectivity index (χ1n) is 11.0. The van der Waals surface area contributed by atoms with Gasteiger partial charge in [0.25, 0.3) is 0 Å². The summed E-state index contributed by atoms with van der Waals surface area (Å²) >= 11 is 1.25. The second-order valence-corrected chi connectivity index (χ2v) is 8.94. The number of rotatable bonds is 10. The van der Waals surface area contributed by atoms with Crippen LogP contribution < -0.4 is 10.6 Å². The molecule has 35 heavy (non-hydrogen) atoms. The maximum Gasteiger partial charge on any atom is 0.407 e. The molecular weight excluding hydrogens is 470 g/mol. The summed E-state index contributed by atoms with van der Waals surface area (Å²) in [6, 6.07) is 15.1. The number of thiazole rings is 1. The number of aliphatic carboxylic acids is 1. The smallest absolute Gasteiger partial charge is 0.407 e. The molecule has 4 rings (SSSR count). The summed E-state index contributed by atoms with van der Waals surface area (Å²) in [5, 5.41) is 16.3. The molecule has 9 nitrogen and oxygen atoms in total. The molecule has 10 heteroatoms. The van der Waals surface area contributed by atoms with E-state index in [2.05, 4.69) is 27.8 Å². The third kappa shape index (κ3) is 5.84. The van der Waals surface area contributed by atoms with Crippen LogP contribution in [0, 0.1) is 0 Å². The van der Waals surface area contributed by atoms with Crippen LogP contribution in [0.5, 0.6) is 0 Å². The van der Waals surface area contributed by atoms with Gasteiger partial charge in [0.2, 0.25) is 5.91 Å². The van der Waals surface area contributed by atoms with E-state index in [0.29, 0.717) is 10.7 Å². The molecular formula is C25H25N3O6S. The topological polar surface area (TPSA) is 127 Å². The lowest BCUT2D eigenvalue weighted by Gasteiger charge is -2.19. The van der Waals surface area contributed by atoms with Crippen molar-refractivity contribution in [1.82, 2.24) is 15.6 Å². The molecule has 0 saturated carbocycles. The molecule has 0 spiro atoms. The highest BCUT2D eigenvalue weighted by atomic mass is 32.1. The van der Waals surface area contributed by atoms with Crippen molar-refractivity contribution in [1.29, 1.82) is 0 Å². The van der Waals surface area contributed by atoms with Crippen molar-refractivity contribution in [2.24, 2.45) is 0 Å². The van der Waals surface area contributed by atoms with E-state index in [4.69, 9.17) is 14.6 Å². The molecule has 0 bridgehead atoms. The first kappa shape index (κ1) is 24.4. The number of hydrogen-bond donors (Lipinski definition) is 3. The van der Waals surface area contributed by atoms with Gasteiger partial charge >= 0.3 is 12.1 Å². The number of ether oxygens (including phenoxy) is 2. The minimum Gasteiger partial charge on any atom is -0.481 e. The minimum absolute atomic E-state index is 0.0435. The molecule has 3 N–H and O–H groups in total. The lowest BCUT2D eigenvalue weighted by molar-refractivity contribution is -0.136. The number of carbonyl (C=O) groups is 3. The predicted octanol–water partition coefficient (Wildman–Crippen LogP) is 2.94. The molecule has 2 amide bonds. The van der Waals surface area contributed by atoms with Crippen LogP contribution in [-0.4, -0.2) is 54.4 Å². The molecule has 0 fully saturated rings. The first-order chi connectivity index (χ1) is 17.0. The number of benzene rings is 2. The molecule has 1 unspecified atom stereocenters. The maximum absolute atomic E-state index is 12.6. The van der Waals surface area contributed by atoms with Crippen LogP contribution in [0.3, 0.4) is 0 Å². The number of carboxylic acids is 1. The van der Waals surface area contributed by atoms with Crippen LogP contribution in [0.15, 0.2) is 53.9 Å². The Morgan fingerprint density at radius 1 is 1.09 bits per heavy atom. The SMILES string of the molecule is COCC(NC(=O)OCC1c2ccccc2-c2ccccc21)C(=O)NCc1nc(CC(=O)O)cs1. The third-order valence-corrected chi connectivity index (χ3v) is 6.53. The van der Waals surface area contributed by atoms with Crippen LogP contribution >= 0.6 is 11.3 Å². The van der Waals surface area contributed by atoms with Gasteiger partial charge in [0.05, 0.1) is 25.3 Å². The van der Waals surface area contributed by atoms with E-state index in [1.54, 1.807) is 5.38 Å². The van der Waals surface area contributed by atoms with Gasteiger partial charge in [-0.3, -0.25) is 9.59 Å². The van der Waals surface area contributed by atoms with Crippen molar-refractivity contribution < 1.29 is 29.0 Å². The molecule has 1 atom stereocenters. The van der Waals surface area contributed by atoms with Crippen molar-refractivity contribution in [3.05, 3.63) is 75.7 Å². The highest BCUT2D eigenvalue weighted by molar-refractivity contribution is 7.09. The summed E-state index contributed by atoms with van der Waals surface area (Å²) in [4.78, 5) is 40.2. The van der Waals surface area contributed by atoms with Crippen LogP contribution in [0.1, 0.15) is 27.7 Å². The largest absolute Gasteiger partial charge is 0.481 e. The first-order valence-corrected chi connectivity index (χ1v) is 11.9. The molecule has 0 aliphatic heterocycles. The summed E-state index contributed by atoms with van der Waals surface area (Å²) in [5.74, 6) is -1.53. The zero-order chi connectivity index (χ0) is 24.8. The van der Waals surface area contributed by atoms with Crippen molar-refractivity contribution in [2.75, 3.05) is 20.3 Å². The zero-order valence-electron chi connectivity index (χ0n) is 19.0. The normalized spacial score (nSPS) is 12.9. The van der Waals surface area contributed by atoms with Crippen LogP contribution in [0.2, 0.25) is 0 Å². The van der Waals surface area contributed by atoms with Gasteiger partial charge in [0.1, 0.15) is 17.7 Å². The number of amides is 2. The van der Waals surface area contributed by atoms with Gasteiger partial charge in [-0.1, -0.05) is 48.5 Å². The zero-order valence-corrected chi connectivity index (χ0v) is 19.8. The Labute approximate surface area is 206 Å². The minimum atomic E-state index is -0.974. The highest BCUT2D eigenvalue weighted by Crippen LogP contribution is 2.44. The van der Waals surface area contributed by atoms with E-state index in [9.17, 15) is 14.4 Å². The molecule has 1 aliphatic rings. The van der Waals surface area contributed by atoms with Gasteiger partial charge in [-0.25, -0.2) is 9.78 Å². The molecule has 2 aromatic carbocycles. The molecule has 1 aliphatic carbocycles. The van der Waals surface area contributed by atoms with Gasteiger partial charge in [-0.15, -0.1) is 11.3 Å². The summed E-state index contributed by atoms with van der Waals surface area (Å²) in [5.41, 5.74) is 4.87. The average Bonchev–Trinajstić information content (AvgIpc) is 3.42. The standard InChI is InChI=1S/C25H25N3O6S/c1-33-13-21(24(31)26-11-22-27-15(14-35-22)10-23(29)30)28-25(32)34-12-20-18-8-4-2-6-16(18)17-7-3-5-9-19(17)20/h2-9,14,20-21H,10-13H2,1H3,(H,26,31)(H,28,32)(H,29,30). The van der Waals surface area contributed by atoms with Gasteiger partial charge in [-0.2, -0.15) is 0 Å². The Bertz CT molecular complexity index is 1180. The number of methoxy groups -OCH3 is 1. The van der Waals surface area contributed by atoms with Crippen LogP contribution in [0.25, 0.3) is 11.1 Å². The average molecular weight is 496 g/mol. The van der Waals surface area contributed by atoms with E-state index >= 15 is 0 Å². The second-order valence-electron chi connectivity index (χ2n) is 8.00. The number of alkyl carbamates (subject to hydrolysis) is 1. The molecule has 1 aromatic heterocycles. The summed E-state index contributed by atoms with van der Waals surface area (Å²) in [7, 11) is 1.43. The van der Waals surface area contributed by atoms with E-state index in [-0.39, 0.29) is 32.1 Å². The van der Waals surface area contributed by atoms with Crippen molar-refractivity contribution >= 4 is 29.3 Å². The summed E-state index contributed by atoms with van der Waals surface area (Å²) < 4.78 is 10.6. The molecule has 0 radical (unpaired) electrons. The molecule has 0 saturated heterocycles. The number of carboxylic acid groups (broad SMARTS) is 1. The fraction of sp³-hybridized carbons (Fsp3) is 0.280. The van der Waals surface area contributed by atoms with Crippen molar-refractivity contribution in [3.63, 3.8) is 0 Å². The number of aromatic nitrogens is 1. The number of carbonyl (C=O) groups excluding carboxylic acids is 2. The lowest BCUT2D eigenvalue weighted by Crippen LogP contribution is -2.49. The quantitative estimate of drug-likeness (QED) is 0.395. The summed E-state index contributed by atoms with van der Waals surface area (Å²) in [6.07, 6.45) is -0.901. The van der Waals surface area contributed by atoms with Crippen LogP contribution in [-0.2, 0) is 32.0 Å². The van der Waals surface area contributed by atoms with Gasteiger partial charge < -0.3 is 25.2 Å². The Hall–Kier alpha value is -3.76. The summed E-state index contributed by atoms with van der Waals surface area (Å²) in [6.45, 7) is 0.195. The Balaban J connectivity index is 1.33. The van der Waals surface area contributed by atoms with E-state index < -0.39 is 24.0 Å². The molecule has 1 heterocycles. The number of nitrogens with zero attached hydrogens (tertiary/aromatic N) is 1. The van der Waals surface area contributed by atoms with Crippen molar-refractivity contribution in [2.45, 2.75) is 24.9 Å². The maximum atomic E-state index is 12.6. The van der Waals surface area contributed by atoms with E-state index in [1.807, 2.05) is 36.4 Å². The second kappa shape index (κ2) is 11.1. The Morgan fingerprint density at radius 3 is 2.37 bits per heavy atom. The van der Waals surface area contributed by atoms with Gasteiger partial charge in [0, 0.05) is 18.4 Å². The predicted molar refractivity (Wildman–Crippen MR) is 129 cm³/mol. The van der Waals surface area contributed by atoms with Crippen LogP contribution in [0.4, 0.5) is 4.79 Å². The van der Waals surface area contributed by atoms with Gasteiger partial charge in [0.15, 0.2) is 0 Å². The highest BCUT2D eigenvalue weighted by Gasteiger charge is 2.29. The lowest BCUT2D eigenvalue weighted by atomic mass is 9.98. The third-order valence-electron chi connectivity index (χ3n) is 5.63. The molecule has 3 aromatic rings.